The Hall–Kier alpha value is -2.89. The number of ether oxygens (including phenoxy) is 2. The number of nitrogens with two attached hydrogens (primary N) is 1. The second kappa shape index (κ2) is 14.0. The molecular formula is C20H34N4O12. The number of aliphatic hydroxyl groups is 4. The van der Waals surface area contributed by atoms with E-state index in [1.54, 1.807) is 0 Å². The molecule has 0 aromatic heterocycles. The highest BCUT2D eigenvalue weighted by Crippen LogP contribution is 2.23. The predicted molar refractivity (Wildman–Crippen MR) is 118 cm³/mol. The summed E-state index contributed by atoms with van der Waals surface area (Å²) in [5.74, 6) is -4.86. The van der Waals surface area contributed by atoms with Crippen LogP contribution < -0.4 is 21.7 Å². The Balaban J connectivity index is 2.96. The Morgan fingerprint density at radius 3 is 2.17 bits per heavy atom. The summed E-state index contributed by atoms with van der Waals surface area (Å²) in [4.78, 5) is 59.1. The van der Waals surface area contributed by atoms with Crippen LogP contribution in [0, 0.1) is 0 Å². The highest BCUT2D eigenvalue weighted by molar-refractivity contribution is 5.93. The summed E-state index contributed by atoms with van der Waals surface area (Å²) >= 11 is 0. The lowest BCUT2D eigenvalue weighted by molar-refractivity contribution is -0.266. The first-order chi connectivity index (χ1) is 16.7. The zero-order valence-electron chi connectivity index (χ0n) is 20.0. The quantitative estimate of drug-likeness (QED) is 0.110. The van der Waals surface area contributed by atoms with Crippen molar-refractivity contribution in [2.75, 3.05) is 6.61 Å². The van der Waals surface area contributed by atoms with Gasteiger partial charge in [0.25, 0.3) is 0 Å². The van der Waals surface area contributed by atoms with Crippen molar-refractivity contribution in [2.24, 2.45) is 5.73 Å². The number of rotatable bonds is 13. The van der Waals surface area contributed by atoms with E-state index in [1.165, 1.54) is 13.8 Å². The average molecular weight is 523 g/mol. The van der Waals surface area contributed by atoms with Crippen LogP contribution in [0.15, 0.2) is 0 Å². The number of aliphatic hydroxyl groups excluding tert-OH is 4. The molecule has 4 amide bonds. The van der Waals surface area contributed by atoms with Gasteiger partial charge in [0.05, 0.1) is 12.7 Å². The van der Waals surface area contributed by atoms with E-state index in [2.05, 4.69) is 16.0 Å². The monoisotopic (exact) mass is 522 g/mol. The normalized spacial score (nSPS) is 27.1. The molecule has 0 radical (unpaired) electrons. The van der Waals surface area contributed by atoms with Crippen molar-refractivity contribution in [3.05, 3.63) is 0 Å². The predicted octanol–water partition coefficient (Wildman–Crippen LogP) is -4.96. The Kier molecular flexibility index (Phi) is 12.1. The van der Waals surface area contributed by atoms with E-state index in [-0.39, 0.29) is 6.42 Å². The van der Waals surface area contributed by atoms with Gasteiger partial charge in [-0.15, -0.1) is 0 Å². The van der Waals surface area contributed by atoms with Crippen molar-refractivity contribution >= 4 is 29.6 Å². The maximum atomic E-state index is 12.7. The van der Waals surface area contributed by atoms with Gasteiger partial charge in [0.2, 0.25) is 23.6 Å². The van der Waals surface area contributed by atoms with Gasteiger partial charge in [-0.05, 0) is 20.3 Å². The first kappa shape index (κ1) is 31.1. The molecule has 1 heterocycles. The first-order valence-corrected chi connectivity index (χ1v) is 11.0. The lowest BCUT2D eigenvalue weighted by Crippen LogP contribution is -2.66. The van der Waals surface area contributed by atoms with Crippen molar-refractivity contribution in [3.8, 4) is 0 Å². The molecule has 16 heteroatoms. The number of hydrogen-bond acceptors (Lipinski definition) is 11. The summed E-state index contributed by atoms with van der Waals surface area (Å²) in [6, 6.07) is -4.32. The molecule has 0 aromatic carbocycles. The highest BCUT2D eigenvalue weighted by atomic mass is 16.6. The molecule has 1 saturated heterocycles. The van der Waals surface area contributed by atoms with E-state index in [9.17, 15) is 44.4 Å². The molecule has 0 spiro atoms. The minimum atomic E-state index is -1.69. The molecule has 0 unspecified atom stereocenters. The molecule has 0 bridgehead atoms. The van der Waals surface area contributed by atoms with Crippen LogP contribution in [-0.4, -0.2) is 117 Å². The van der Waals surface area contributed by atoms with Gasteiger partial charge in [-0.2, -0.15) is 0 Å². The Labute approximate surface area is 206 Å². The van der Waals surface area contributed by atoms with Crippen LogP contribution in [0.4, 0.5) is 0 Å². The van der Waals surface area contributed by atoms with Gasteiger partial charge in [0, 0.05) is 13.3 Å². The van der Waals surface area contributed by atoms with Gasteiger partial charge in [0.1, 0.15) is 42.5 Å². The van der Waals surface area contributed by atoms with Crippen LogP contribution in [0.1, 0.15) is 33.6 Å². The first-order valence-electron chi connectivity index (χ1n) is 11.0. The van der Waals surface area contributed by atoms with Gasteiger partial charge in [-0.1, -0.05) is 0 Å². The second-order valence-electron chi connectivity index (χ2n) is 8.33. The number of carbonyl (C=O) groups excluding carboxylic acids is 4. The molecule has 10 N–H and O–H groups in total. The molecule has 1 aliphatic rings. The van der Waals surface area contributed by atoms with E-state index in [1.807, 2.05) is 0 Å². The fourth-order valence-electron chi connectivity index (χ4n) is 3.42. The number of carboxylic acids is 1. The molecule has 206 valence electrons. The van der Waals surface area contributed by atoms with Crippen LogP contribution in [-0.2, 0) is 33.4 Å². The molecule has 1 aliphatic heterocycles. The SMILES string of the molecule is CC(=O)N[C@H]1[C@@H](O[C@H](C)C(=O)N[C@H](C(=O)N[C@@H](CCC(=O)O)C(N)=O)[C@@H](C)O)[C@@H](O)[C@@H](CO)O[C@H]1O. The standard InChI is InChI=1S/C20H34N4O12/c1-7(26)13(19(33)23-10(17(21)31)4-5-12(28)29)24-18(32)8(2)35-16-14(22-9(3)27)20(34)36-11(6-25)15(16)30/h7-8,10-11,13-16,20,25-26,30,34H,4-6H2,1-3H3,(H2,21,31)(H,22,27)(H,23,33)(H,24,32)(H,28,29)/t7-,8-,10+,11-,13+,14+,15+,16-,20-/m1/s1. The topological polar surface area (TPSA) is 267 Å². The smallest absolute Gasteiger partial charge is 0.303 e. The van der Waals surface area contributed by atoms with E-state index in [0.717, 1.165) is 6.92 Å². The summed E-state index contributed by atoms with van der Waals surface area (Å²) in [5, 5.41) is 55.5. The van der Waals surface area contributed by atoms with Crippen LogP contribution in [0.3, 0.4) is 0 Å². The van der Waals surface area contributed by atoms with E-state index in [0.29, 0.717) is 0 Å². The van der Waals surface area contributed by atoms with Gasteiger partial charge >= 0.3 is 5.97 Å². The summed E-state index contributed by atoms with van der Waals surface area (Å²) in [6.07, 6.45) is -9.70. The highest BCUT2D eigenvalue weighted by Gasteiger charge is 2.47. The summed E-state index contributed by atoms with van der Waals surface area (Å²) < 4.78 is 10.6. The summed E-state index contributed by atoms with van der Waals surface area (Å²) in [7, 11) is 0. The molecule has 1 fully saturated rings. The summed E-state index contributed by atoms with van der Waals surface area (Å²) in [5.41, 5.74) is 5.18. The lowest BCUT2D eigenvalue weighted by Gasteiger charge is -2.43. The number of carboxylic acid groups (broad SMARTS) is 1. The number of carbonyl (C=O) groups is 5. The van der Waals surface area contributed by atoms with Gasteiger partial charge in [0.15, 0.2) is 6.29 Å². The third-order valence-corrected chi connectivity index (χ3v) is 5.34. The third-order valence-electron chi connectivity index (χ3n) is 5.34. The molecule has 0 aliphatic carbocycles. The van der Waals surface area contributed by atoms with Gasteiger partial charge in [-0.3, -0.25) is 24.0 Å². The summed E-state index contributed by atoms with van der Waals surface area (Å²) in [6.45, 7) is 2.81. The zero-order valence-corrected chi connectivity index (χ0v) is 20.0. The zero-order chi connectivity index (χ0) is 27.7. The molecule has 9 atom stereocenters. The van der Waals surface area contributed by atoms with Gasteiger partial charge in [-0.25, -0.2) is 0 Å². The maximum absolute atomic E-state index is 12.7. The fraction of sp³-hybridized carbons (Fsp3) is 0.750. The minimum Gasteiger partial charge on any atom is -0.481 e. The van der Waals surface area contributed by atoms with Crippen molar-refractivity contribution < 1.29 is 59.0 Å². The minimum absolute atomic E-state index is 0.322. The molecule has 36 heavy (non-hydrogen) atoms. The third kappa shape index (κ3) is 8.96. The Morgan fingerprint density at radius 2 is 1.69 bits per heavy atom. The molecule has 0 saturated carbocycles. The van der Waals surface area contributed by atoms with Crippen molar-refractivity contribution in [2.45, 2.75) is 88.5 Å². The van der Waals surface area contributed by atoms with E-state index in [4.69, 9.17) is 20.3 Å². The lowest BCUT2D eigenvalue weighted by atomic mass is 9.96. The van der Waals surface area contributed by atoms with Crippen molar-refractivity contribution in [1.29, 1.82) is 0 Å². The van der Waals surface area contributed by atoms with Gasteiger partial charge < -0.3 is 56.7 Å². The molecule has 1 rings (SSSR count). The van der Waals surface area contributed by atoms with Crippen molar-refractivity contribution in [3.63, 3.8) is 0 Å². The number of hydrogen-bond donors (Lipinski definition) is 9. The number of nitrogens with one attached hydrogen (secondary N) is 3. The maximum Gasteiger partial charge on any atom is 0.303 e. The van der Waals surface area contributed by atoms with Crippen LogP contribution in [0.25, 0.3) is 0 Å². The Bertz CT molecular complexity index is 810. The number of amides is 4. The Morgan fingerprint density at radius 1 is 1.08 bits per heavy atom. The van der Waals surface area contributed by atoms with E-state index < -0.39 is 97.6 Å². The largest absolute Gasteiger partial charge is 0.481 e. The molecule has 16 nitrogen and oxygen atoms in total. The molecular weight excluding hydrogens is 488 g/mol. The van der Waals surface area contributed by atoms with Crippen molar-refractivity contribution in [1.82, 2.24) is 16.0 Å². The van der Waals surface area contributed by atoms with E-state index >= 15 is 0 Å². The van der Waals surface area contributed by atoms with Crippen LogP contribution >= 0.6 is 0 Å². The fourth-order valence-corrected chi connectivity index (χ4v) is 3.42. The van der Waals surface area contributed by atoms with Crippen LogP contribution in [0.5, 0.6) is 0 Å². The number of aliphatic carboxylic acids is 1. The molecule has 0 aromatic rings. The second-order valence-corrected chi connectivity index (χ2v) is 8.33. The average Bonchev–Trinajstić information content (AvgIpc) is 2.77. The number of primary amides is 1. The van der Waals surface area contributed by atoms with Crippen LogP contribution in [0.2, 0.25) is 0 Å².